The highest BCUT2D eigenvalue weighted by atomic mass is 14.7. The summed E-state index contributed by atoms with van der Waals surface area (Å²) in [7, 11) is 0. The molecule has 0 bridgehead atoms. The van der Waals surface area contributed by atoms with Crippen LogP contribution in [0, 0.1) is 0 Å². The lowest BCUT2D eigenvalue weighted by Crippen LogP contribution is -1.97. The molecule has 1 aromatic heterocycles. The highest BCUT2D eigenvalue weighted by Crippen LogP contribution is 2.11. The molecular formula is C19H17N. The predicted octanol–water partition coefficient (Wildman–Crippen LogP) is 4.26. The molecule has 3 rings (SSSR count). The first-order valence-corrected chi connectivity index (χ1v) is 6.93. The van der Waals surface area contributed by atoms with E-state index in [1.54, 1.807) is 0 Å². The number of benzene rings is 2. The summed E-state index contributed by atoms with van der Waals surface area (Å²) in [5.74, 6) is 0. The molecule has 0 unspecified atom stereocenters. The van der Waals surface area contributed by atoms with E-state index in [4.69, 9.17) is 4.98 Å². The molecule has 20 heavy (non-hydrogen) atoms. The van der Waals surface area contributed by atoms with Gasteiger partial charge in [0.15, 0.2) is 0 Å². The van der Waals surface area contributed by atoms with Gasteiger partial charge in [0, 0.05) is 24.2 Å². The third kappa shape index (κ3) is 3.33. The SMILES string of the molecule is c1ccc(Cc2cccc(Cc3ccccc3)n2)cc1. The number of pyridine rings is 1. The van der Waals surface area contributed by atoms with Crippen molar-refractivity contribution in [2.75, 3.05) is 0 Å². The van der Waals surface area contributed by atoms with E-state index in [1.165, 1.54) is 11.1 Å². The van der Waals surface area contributed by atoms with Crippen LogP contribution in [0.2, 0.25) is 0 Å². The van der Waals surface area contributed by atoms with Crippen molar-refractivity contribution >= 4 is 0 Å². The van der Waals surface area contributed by atoms with Gasteiger partial charge in [-0.1, -0.05) is 66.7 Å². The van der Waals surface area contributed by atoms with E-state index in [2.05, 4.69) is 66.7 Å². The van der Waals surface area contributed by atoms with Crippen LogP contribution in [0.5, 0.6) is 0 Å². The zero-order valence-corrected chi connectivity index (χ0v) is 11.4. The highest BCUT2D eigenvalue weighted by Gasteiger charge is 2.01. The Morgan fingerprint density at radius 2 is 0.950 bits per heavy atom. The Kier molecular flexibility index (Phi) is 3.88. The van der Waals surface area contributed by atoms with Gasteiger partial charge in [0.1, 0.15) is 0 Å². The number of hydrogen-bond donors (Lipinski definition) is 0. The van der Waals surface area contributed by atoms with E-state index >= 15 is 0 Å². The van der Waals surface area contributed by atoms with Crippen LogP contribution in [0.1, 0.15) is 22.5 Å². The largest absolute Gasteiger partial charge is 0.257 e. The molecule has 0 atom stereocenters. The van der Waals surface area contributed by atoms with Crippen LogP contribution in [-0.4, -0.2) is 4.98 Å². The van der Waals surface area contributed by atoms with Crippen molar-refractivity contribution in [3.05, 3.63) is 101 Å². The number of aromatic nitrogens is 1. The summed E-state index contributed by atoms with van der Waals surface area (Å²) in [4.78, 5) is 4.76. The van der Waals surface area contributed by atoms with Crippen LogP contribution < -0.4 is 0 Å². The summed E-state index contributed by atoms with van der Waals surface area (Å²) >= 11 is 0. The van der Waals surface area contributed by atoms with Crippen molar-refractivity contribution < 1.29 is 0 Å². The zero-order valence-electron chi connectivity index (χ0n) is 11.4. The topological polar surface area (TPSA) is 12.9 Å². The Bertz CT molecular complexity index is 603. The predicted molar refractivity (Wildman–Crippen MR) is 82.7 cm³/mol. The standard InChI is InChI=1S/C19H17N/c1-3-8-16(9-4-1)14-18-12-7-13-19(20-18)15-17-10-5-2-6-11-17/h1-13H,14-15H2. The highest BCUT2D eigenvalue weighted by molar-refractivity contribution is 5.25. The molecule has 0 saturated heterocycles. The van der Waals surface area contributed by atoms with Gasteiger partial charge in [-0.05, 0) is 23.3 Å². The van der Waals surface area contributed by atoms with Crippen molar-refractivity contribution in [2.45, 2.75) is 12.8 Å². The minimum atomic E-state index is 0.892. The van der Waals surface area contributed by atoms with Crippen molar-refractivity contribution in [1.82, 2.24) is 4.98 Å². The Hall–Kier alpha value is -2.41. The average molecular weight is 259 g/mol. The molecule has 0 N–H and O–H groups in total. The van der Waals surface area contributed by atoms with E-state index in [-0.39, 0.29) is 0 Å². The molecule has 0 aliphatic heterocycles. The first-order chi connectivity index (χ1) is 9.90. The number of nitrogens with zero attached hydrogens (tertiary/aromatic N) is 1. The quantitative estimate of drug-likeness (QED) is 0.682. The first-order valence-electron chi connectivity index (χ1n) is 6.93. The second-order valence-electron chi connectivity index (χ2n) is 4.95. The minimum absolute atomic E-state index is 0.892. The van der Waals surface area contributed by atoms with E-state index in [0.29, 0.717) is 0 Å². The van der Waals surface area contributed by atoms with Gasteiger partial charge in [-0.15, -0.1) is 0 Å². The van der Waals surface area contributed by atoms with Crippen LogP contribution >= 0.6 is 0 Å². The third-order valence-electron chi connectivity index (χ3n) is 3.32. The van der Waals surface area contributed by atoms with Gasteiger partial charge in [-0.25, -0.2) is 0 Å². The van der Waals surface area contributed by atoms with Crippen molar-refractivity contribution in [2.24, 2.45) is 0 Å². The summed E-state index contributed by atoms with van der Waals surface area (Å²) < 4.78 is 0. The molecular weight excluding hydrogens is 242 g/mol. The van der Waals surface area contributed by atoms with E-state index in [9.17, 15) is 0 Å². The molecule has 0 aliphatic carbocycles. The Balaban J connectivity index is 1.76. The molecule has 0 saturated carbocycles. The van der Waals surface area contributed by atoms with Gasteiger partial charge in [0.2, 0.25) is 0 Å². The third-order valence-corrected chi connectivity index (χ3v) is 3.32. The van der Waals surface area contributed by atoms with Crippen molar-refractivity contribution in [3.63, 3.8) is 0 Å². The fraction of sp³-hybridized carbons (Fsp3) is 0.105. The lowest BCUT2D eigenvalue weighted by atomic mass is 10.1. The lowest BCUT2D eigenvalue weighted by molar-refractivity contribution is 0.992. The average Bonchev–Trinajstić information content (AvgIpc) is 2.50. The number of hydrogen-bond acceptors (Lipinski definition) is 1. The van der Waals surface area contributed by atoms with Crippen molar-refractivity contribution in [3.8, 4) is 0 Å². The molecule has 3 aromatic rings. The van der Waals surface area contributed by atoms with Gasteiger partial charge in [0.05, 0.1) is 0 Å². The second-order valence-corrected chi connectivity index (χ2v) is 4.95. The summed E-state index contributed by atoms with van der Waals surface area (Å²) in [6.45, 7) is 0. The summed E-state index contributed by atoms with van der Waals surface area (Å²) in [6.07, 6.45) is 1.78. The summed E-state index contributed by atoms with van der Waals surface area (Å²) in [5, 5.41) is 0. The fourth-order valence-electron chi connectivity index (χ4n) is 2.34. The van der Waals surface area contributed by atoms with Crippen LogP contribution in [-0.2, 0) is 12.8 Å². The zero-order chi connectivity index (χ0) is 13.6. The van der Waals surface area contributed by atoms with Gasteiger partial charge in [-0.2, -0.15) is 0 Å². The Morgan fingerprint density at radius 1 is 0.500 bits per heavy atom. The second kappa shape index (κ2) is 6.16. The molecule has 0 spiro atoms. The van der Waals surface area contributed by atoms with E-state index in [1.807, 2.05) is 12.1 Å². The molecule has 1 nitrogen and oxygen atoms in total. The van der Waals surface area contributed by atoms with Crippen LogP contribution in [0.4, 0.5) is 0 Å². The Labute approximate surface area is 119 Å². The van der Waals surface area contributed by atoms with Crippen LogP contribution in [0.15, 0.2) is 78.9 Å². The van der Waals surface area contributed by atoms with Gasteiger partial charge >= 0.3 is 0 Å². The monoisotopic (exact) mass is 259 g/mol. The molecule has 98 valence electrons. The van der Waals surface area contributed by atoms with E-state index < -0.39 is 0 Å². The number of rotatable bonds is 4. The maximum atomic E-state index is 4.76. The fourth-order valence-corrected chi connectivity index (χ4v) is 2.34. The normalized spacial score (nSPS) is 10.4. The Morgan fingerprint density at radius 3 is 1.40 bits per heavy atom. The summed E-state index contributed by atoms with van der Waals surface area (Å²) in [5.41, 5.74) is 4.86. The van der Waals surface area contributed by atoms with Crippen LogP contribution in [0.25, 0.3) is 0 Å². The minimum Gasteiger partial charge on any atom is -0.257 e. The molecule has 1 heteroatoms. The molecule has 1 heterocycles. The van der Waals surface area contributed by atoms with Gasteiger partial charge in [-0.3, -0.25) is 4.98 Å². The molecule has 0 aliphatic rings. The lowest BCUT2D eigenvalue weighted by Gasteiger charge is -2.05. The van der Waals surface area contributed by atoms with E-state index in [0.717, 1.165) is 24.2 Å². The first kappa shape index (κ1) is 12.6. The molecule has 2 aromatic carbocycles. The maximum absolute atomic E-state index is 4.76. The molecule has 0 radical (unpaired) electrons. The van der Waals surface area contributed by atoms with Crippen LogP contribution in [0.3, 0.4) is 0 Å². The van der Waals surface area contributed by atoms with Gasteiger partial charge < -0.3 is 0 Å². The summed E-state index contributed by atoms with van der Waals surface area (Å²) in [6, 6.07) is 27.3. The maximum Gasteiger partial charge on any atom is 0.0450 e. The molecule has 0 fully saturated rings. The molecule has 0 amide bonds. The van der Waals surface area contributed by atoms with Crippen molar-refractivity contribution in [1.29, 1.82) is 0 Å². The smallest absolute Gasteiger partial charge is 0.0450 e. The van der Waals surface area contributed by atoms with Gasteiger partial charge in [0.25, 0.3) is 0 Å².